The Hall–Kier alpha value is -1.00. The van der Waals surface area contributed by atoms with E-state index in [-0.39, 0.29) is 0 Å². The smallest absolute Gasteiger partial charge is 0.121 e. The summed E-state index contributed by atoms with van der Waals surface area (Å²) < 4.78 is 0. The topological polar surface area (TPSA) is 31.9 Å². The number of nitrogens with zero attached hydrogens (tertiary/aromatic N) is 2. The van der Waals surface area contributed by atoms with E-state index in [2.05, 4.69) is 53.8 Å². The zero-order chi connectivity index (χ0) is 12.5. The number of thioether (sulfide) groups is 1. The molecular weight excluding hydrogens is 242 g/mol. The summed E-state index contributed by atoms with van der Waals surface area (Å²) in [6, 6.07) is 7.01. The molecule has 4 heteroatoms. The van der Waals surface area contributed by atoms with Gasteiger partial charge >= 0.3 is 0 Å². The number of hydrogen-bond acceptors (Lipinski definition) is 3. The third-order valence-electron chi connectivity index (χ3n) is 3.69. The van der Waals surface area contributed by atoms with Crippen LogP contribution in [-0.2, 0) is 6.54 Å². The number of para-hydroxylation sites is 1. The van der Waals surface area contributed by atoms with Crippen molar-refractivity contribution in [1.29, 1.82) is 0 Å². The first kappa shape index (κ1) is 12.1. The van der Waals surface area contributed by atoms with Crippen molar-refractivity contribution in [3.63, 3.8) is 0 Å². The van der Waals surface area contributed by atoms with E-state index in [4.69, 9.17) is 4.98 Å². The van der Waals surface area contributed by atoms with Gasteiger partial charge in [-0.1, -0.05) is 12.1 Å². The molecule has 0 bridgehead atoms. The molecule has 0 saturated carbocycles. The van der Waals surface area contributed by atoms with Crippen LogP contribution in [-0.4, -0.2) is 39.5 Å². The molecular formula is C14H19N3S. The minimum absolute atomic E-state index is 0.712. The molecule has 1 N–H and O–H groups in total. The predicted octanol–water partition coefficient (Wildman–Crippen LogP) is 2.81. The zero-order valence-corrected chi connectivity index (χ0v) is 11.8. The van der Waals surface area contributed by atoms with Gasteiger partial charge in [0.1, 0.15) is 5.82 Å². The van der Waals surface area contributed by atoms with Gasteiger partial charge in [0.15, 0.2) is 0 Å². The summed E-state index contributed by atoms with van der Waals surface area (Å²) in [5.41, 5.74) is 3.51. The Kier molecular flexibility index (Phi) is 3.31. The van der Waals surface area contributed by atoms with E-state index in [0.717, 1.165) is 23.4 Å². The van der Waals surface area contributed by atoms with E-state index < -0.39 is 0 Å². The van der Waals surface area contributed by atoms with Crippen LogP contribution in [0.4, 0.5) is 0 Å². The molecule has 1 aromatic heterocycles. The maximum atomic E-state index is 4.72. The summed E-state index contributed by atoms with van der Waals surface area (Å²) in [6.07, 6.45) is 1.31. The van der Waals surface area contributed by atoms with Crippen LogP contribution in [0.15, 0.2) is 18.2 Å². The number of aromatic nitrogens is 2. The van der Waals surface area contributed by atoms with Gasteiger partial charge in [0.2, 0.25) is 0 Å². The van der Waals surface area contributed by atoms with Crippen LogP contribution in [0, 0.1) is 6.92 Å². The van der Waals surface area contributed by atoms with E-state index in [9.17, 15) is 0 Å². The highest BCUT2D eigenvalue weighted by Gasteiger charge is 2.20. The first-order valence-corrected chi connectivity index (χ1v) is 7.61. The average molecular weight is 261 g/mol. The second-order valence-electron chi connectivity index (χ2n) is 5.09. The molecule has 0 radical (unpaired) electrons. The number of rotatable bonds is 3. The Balaban J connectivity index is 1.80. The summed E-state index contributed by atoms with van der Waals surface area (Å²) in [5.74, 6) is 3.64. The maximum Gasteiger partial charge on any atom is 0.121 e. The highest BCUT2D eigenvalue weighted by atomic mass is 32.2. The molecule has 96 valence electrons. The molecule has 0 amide bonds. The normalized spacial score (nSPS) is 20.1. The van der Waals surface area contributed by atoms with Gasteiger partial charge in [-0.2, -0.15) is 11.8 Å². The molecule has 18 heavy (non-hydrogen) atoms. The quantitative estimate of drug-likeness (QED) is 0.922. The van der Waals surface area contributed by atoms with E-state index in [0.29, 0.717) is 6.04 Å². The Bertz CT molecular complexity index is 543. The maximum absolute atomic E-state index is 4.72. The van der Waals surface area contributed by atoms with Crippen LogP contribution in [0.2, 0.25) is 0 Å². The summed E-state index contributed by atoms with van der Waals surface area (Å²) in [6.45, 7) is 3.03. The lowest BCUT2D eigenvalue weighted by Gasteiger charge is -2.21. The molecule has 1 fully saturated rings. The molecule has 1 aliphatic heterocycles. The van der Waals surface area contributed by atoms with Gasteiger partial charge in [-0.25, -0.2) is 4.98 Å². The van der Waals surface area contributed by atoms with Crippen molar-refractivity contribution in [2.24, 2.45) is 0 Å². The van der Waals surface area contributed by atoms with Gasteiger partial charge < -0.3 is 4.98 Å². The van der Waals surface area contributed by atoms with Crippen molar-refractivity contribution in [1.82, 2.24) is 14.9 Å². The minimum Gasteiger partial charge on any atom is -0.341 e. The zero-order valence-electron chi connectivity index (χ0n) is 10.9. The van der Waals surface area contributed by atoms with Crippen molar-refractivity contribution in [2.45, 2.75) is 25.9 Å². The van der Waals surface area contributed by atoms with Gasteiger partial charge in [0.05, 0.1) is 17.6 Å². The molecule has 1 aliphatic rings. The highest BCUT2D eigenvalue weighted by molar-refractivity contribution is 7.99. The van der Waals surface area contributed by atoms with Gasteiger partial charge in [-0.05, 0) is 37.8 Å². The lowest BCUT2D eigenvalue weighted by Crippen LogP contribution is -2.31. The first-order chi connectivity index (χ1) is 8.74. The number of nitrogens with one attached hydrogen (secondary N) is 1. The molecule has 0 aliphatic carbocycles. The number of imidazole rings is 1. The Morgan fingerprint density at radius 3 is 3.11 bits per heavy atom. The van der Waals surface area contributed by atoms with Gasteiger partial charge in [-0.3, -0.25) is 4.90 Å². The summed E-state index contributed by atoms with van der Waals surface area (Å²) >= 11 is 2.06. The number of benzene rings is 1. The highest BCUT2D eigenvalue weighted by Crippen LogP contribution is 2.23. The first-order valence-electron chi connectivity index (χ1n) is 6.46. The van der Waals surface area contributed by atoms with Crippen molar-refractivity contribution < 1.29 is 0 Å². The van der Waals surface area contributed by atoms with Crippen LogP contribution in [0.1, 0.15) is 17.8 Å². The SMILES string of the molecule is Cc1cccc2[nH]c(CN(C)[C@@H]3CCSC3)nc12. The van der Waals surface area contributed by atoms with E-state index in [1.165, 1.54) is 23.5 Å². The lowest BCUT2D eigenvalue weighted by molar-refractivity contribution is 0.249. The molecule has 0 unspecified atom stereocenters. The third-order valence-corrected chi connectivity index (χ3v) is 4.84. The molecule has 1 aromatic carbocycles. The molecule has 3 rings (SSSR count). The number of fused-ring (bicyclic) bond motifs is 1. The molecule has 3 nitrogen and oxygen atoms in total. The fraction of sp³-hybridized carbons (Fsp3) is 0.500. The summed E-state index contributed by atoms with van der Waals surface area (Å²) in [4.78, 5) is 10.6. The van der Waals surface area contributed by atoms with Crippen LogP contribution in [0.5, 0.6) is 0 Å². The minimum atomic E-state index is 0.712. The fourth-order valence-corrected chi connectivity index (χ4v) is 3.84. The van der Waals surface area contributed by atoms with Crippen molar-refractivity contribution in [3.8, 4) is 0 Å². The molecule has 1 atom stereocenters. The van der Waals surface area contributed by atoms with E-state index in [1.807, 2.05) is 0 Å². The van der Waals surface area contributed by atoms with Crippen LogP contribution in [0.25, 0.3) is 11.0 Å². The average Bonchev–Trinajstić information content (AvgIpc) is 2.97. The summed E-state index contributed by atoms with van der Waals surface area (Å²) in [7, 11) is 2.20. The van der Waals surface area contributed by atoms with Gasteiger partial charge in [0.25, 0.3) is 0 Å². The van der Waals surface area contributed by atoms with E-state index in [1.54, 1.807) is 0 Å². The Morgan fingerprint density at radius 2 is 2.39 bits per heavy atom. The van der Waals surface area contributed by atoms with Gasteiger partial charge in [0, 0.05) is 11.8 Å². The Labute approximate surface area is 112 Å². The summed E-state index contributed by atoms with van der Waals surface area (Å²) in [5, 5.41) is 0. The number of H-pyrrole nitrogens is 1. The van der Waals surface area contributed by atoms with Crippen LogP contribution < -0.4 is 0 Å². The van der Waals surface area contributed by atoms with E-state index >= 15 is 0 Å². The van der Waals surface area contributed by atoms with Crippen molar-refractivity contribution in [2.75, 3.05) is 18.6 Å². The fourth-order valence-electron chi connectivity index (χ4n) is 2.54. The number of hydrogen-bond donors (Lipinski definition) is 1. The van der Waals surface area contributed by atoms with Gasteiger partial charge in [-0.15, -0.1) is 0 Å². The van der Waals surface area contributed by atoms with Crippen LogP contribution >= 0.6 is 11.8 Å². The standard InChI is InChI=1S/C14H19N3S/c1-10-4-3-5-12-14(10)16-13(15-12)8-17(2)11-6-7-18-9-11/h3-5,11H,6-9H2,1-2H3,(H,15,16)/t11-/m1/s1. The molecule has 0 spiro atoms. The van der Waals surface area contributed by atoms with Crippen molar-refractivity contribution in [3.05, 3.63) is 29.6 Å². The van der Waals surface area contributed by atoms with Crippen LogP contribution in [0.3, 0.4) is 0 Å². The molecule has 1 saturated heterocycles. The third kappa shape index (κ3) is 2.27. The number of aromatic amines is 1. The number of aryl methyl sites for hydroxylation is 1. The Morgan fingerprint density at radius 1 is 1.50 bits per heavy atom. The largest absolute Gasteiger partial charge is 0.341 e. The molecule has 2 aromatic rings. The predicted molar refractivity (Wildman–Crippen MR) is 78.0 cm³/mol. The second-order valence-corrected chi connectivity index (χ2v) is 6.24. The molecule has 2 heterocycles. The van der Waals surface area contributed by atoms with Crippen molar-refractivity contribution >= 4 is 22.8 Å². The monoisotopic (exact) mass is 261 g/mol. The lowest BCUT2D eigenvalue weighted by atomic mass is 10.2. The second kappa shape index (κ2) is 4.94.